The lowest BCUT2D eigenvalue weighted by atomic mass is 9.92. The molecule has 0 aromatic heterocycles. The number of carbonyl (C=O) groups is 1. The van der Waals surface area contributed by atoms with Gasteiger partial charge in [-0.15, -0.1) is 5.92 Å². The quantitative estimate of drug-likeness (QED) is 0.574. The highest BCUT2D eigenvalue weighted by Crippen LogP contribution is 2.18. The van der Waals surface area contributed by atoms with E-state index in [2.05, 4.69) is 24.0 Å². The second-order valence-corrected chi connectivity index (χ2v) is 5.30. The molecule has 19 heavy (non-hydrogen) atoms. The third-order valence-electron chi connectivity index (χ3n) is 3.74. The summed E-state index contributed by atoms with van der Waals surface area (Å²) in [6.45, 7) is 1.90. The zero-order chi connectivity index (χ0) is 13.5. The topological polar surface area (TPSA) is 17.1 Å². The summed E-state index contributed by atoms with van der Waals surface area (Å²) in [6, 6.07) is 8.09. The van der Waals surface area contributed by atoms with Crippen LogP contribution in [0.5, 0.6) is 0 Å². The van der Waals surface area contributed by atoms with Crippen molar-refractivity contribution in [2.45, 2.75) is 51.9 Å². The molecule has 1 atom stereocenters. The summed E-state index contributed by atoms with van der Waals surface area (Å²) in [5, 5.41) is 0. The van der Waals surface area contributed by atoms with Crippen LogP contribution >= 0.6 is 0 Å². The Morgan fingerprint density at radius 1 is 1.21 bits per heavy atom. The van der Waals surface area contributed by atoms with Gasteiger partial charge in [-0.2, -0.15) is 0 Å². The van der Waals surface area contributed by atoms with Crippen LogP contribution in [0.2, 0.25) is 0 Å². The van der Waals surface area contributed by atoms with E-state index in [1.54, 1.807) is 0 Å². The summed E-state index contributed by atoms with van der Waals surface area (Å²) in [4.78, 5) is 11.6. The van der Waals surface area contributed by atoms with Crippen LogP contribution in [0.3, 0.4) is 0 Å². The van der Waals surface area contributed by atoms with Crippen LogP contribution in [-0.4, -0.2) is 5.78 Å². The Balaban J connectivity index is 2.00. The van der Waals surface area contributed by atoms with Gasteiger partial charge in [-0.1, -0.05) is 50.0 Å². The number of hydrogen-bond donors (Lipinski definition) is 0. The van der Waals surface area contributed by atoms with E-state index in [9.17, 15) is 4.79 Å². The number of Topliss-reactive ketones (excluding diaryl/α,β-unsaturated/α-hetero) is 1. The molecule has 0 N–H and O–H groups in total. The van der Waals surface area contributed by atoms with Gasteiger partial charge in [0, 0.05) is 24.3 Å². The minimum absolute atomic E-state index is 0.220. The lowest BCUT2D eigenvalue weighted by molar-refractivity contribution is 0.0988. The zero-order valence-electron chi connectivity index (χ0n) is 11.7. The van der Waals surface area contributed by atoms with Crippen LogP contribution in [0.25, 0.3) is 0 Å². The molecule has 0 heterocycles. The summed E-state index contributed by atoms with van der Waals surface area (Å²) in [7, 11) is 0. The molecule has 1 aliphatic carbocycles. The average molecular weight is 254 g/mol. The molecule has 1 aromatic rings. The number of rotatable bonds is 4. The van der Waals surface area contributed by atoms with Crippen molar-refractivity contribution in [3.05, 3.63) is 35.4 Å². The van der Waals surface area contributed by atoms with E-state index in [1.807, 2.05) is 19.1 Å². The molecule has 1 aliphatic rings. The molecule has 0 saturated carbocycles. The van der Waals surface area contributed by atoms with Crippen molar-refractivity contribution in [2.24, 2.45) is 5.92 Å². The van der Waals surface area contributed by atoms with Gasteiger partial charge in [-0.3, -0.25) is 4.79 Å². The van der Waals surface area contributed by atoms with Crippen molar-refractivity contribution in [1.82, 2.24) is 0 Å². The fourth-order valence-electron chi connectivity index (χ4n) is 2.54. The highest BCUT2D eigenvalue weighted by atomic mass is 16.1. The maximum Gasteiger partial charge on any atom is 0.162 e. The fraction of sp³-hybridized carbons (Fsp3) is 0.500. The molecule has 1 aromatic carbocycles. The van der Waals surface area contributed by atoms with E-state index in [0.29, 0.717) is 12.3 Å². The molecular formula is C18H22O. The van der Waals surface area contributed by atoms with Crippen LogP contribution in [0, 0.1) is 17.8 Å². The molecule has 0 aliphatic heterocycles. The average Bonchev–Trinajstić information content (AvgIpc) is 2.41. The first-order valence-corrected chi connectivity index (χ1v) is 7.40. The van der Waals surface area contributed by atoms with Crippen molar-refractivity contribution in [3.8, 4) is 11.8 Å². The minimum atomic E-state index is 0.220. The number of carbonyl (C=O) groups excluding carboxylic acids is 1. The van der Waals surface area contributed by atoms with Crippen molar-refractivity contribution in [2.75, 3.05) is 0 Å². The van der Waals surface area contributed by atoms with Crippen LogP contribution in [0.15, 0.2) is 24.3 Å². The molecule has 100 valence electrons. The molecular weight excluding hydrogens is 232 g/mol. The van der Waals surface area contributed by atoms with E-state index in [1.165, 1.54) is 31.2 Å². The molecule has 0 bridgehead atoms. The van der Waals surface area contributed by atoms with Crippen molar-refractivity contribution in [1.29, 1.82) is 0 Å². The van der Waals surface area contributed by atoms with Crippen molar-refractivity contribution >= 4 is 5.78 Å². The molecule has 0 fully saturated rings. The molecule has 1 heteroatoms. The summed E-state index contributed by atoms with van der Waals surface area (Å²) in [5.41, 5.74) is 2.13. The van der Waals surface area contributed by atoms with Crippen molar-refractivity contribution < 1.29 is 4.79 Å². The summed E-state index contributed by atoms with van der Waals surface area (Å²) < 4.78 is 0. The van der Waals surface area contributed by atoms with Crippen LogP contribution in [0.1, 0.15) is 61.4 Å². The highest BCUT2D eigenvalue weighted by Gasteiger charge is 2.09. The number of ketones is 1. The normalized spacial score (nSPS) is 18.9. The number of benzene rings is 1. The summed E-state index contributed by atoms with van der Waals surface area (Å²) in [6.07, 6.45) is 7.73. The van der Waals surface area contributed by atoms with E-state index in [-0.39, 0.29) is 5.78 Å². The van der Waals surface area contributed by atoms with Crippen LogP contribution in [-0.2, 0) is 6.42 Å². The molecule has 0 spiro atoms. The zero-order valence-corrected chi connectivity index (χ0v) is 11.7. The van der Waals surface area contributed by atoms with Crippen molar-refractivity contribution in [3.63, 3.8) is 0 Å². The largest absolute Gasteiger partial charge is 0.294 e. The van der Waals surface area contributed by atoms with Gasteiger partial charge in [0.15, 0.2) is 5.78 Å². The standard InChI is InChI=1S/C18H22O/c1-2-18(19)17-12-10-16(11-13-17)14-15-8-6-4-3-5-7-9-15/h10-13,15H,2-6,8,14H2,1H3. The third kappa shape index (κ3) is 4.24. The molecule has 0 amide bonds. The van der Waals surface area contributed by atoms with E-state index >= 15 is 0 Å². The first-order valence-electron chi connectivity index (χ1n) is 7.40. The Morgan fingerprint density at radius 3 is 2.74 bits per heavy atom. The Bertz CT molecular complexity index is 473. The number of hydrogen-bond acceptors (Lipinski definition) is 1. The minimum Gasteiger partial charge on any atom is -0.294 e. The Labute approximate surface area is 116 Å². The molecule has 1 nitrogen and oxygen atoms in total. The van der Waals surface area contributed by atoms with Crippen LogP contribution < -0.4 is 0 Å². The smallest absolute Gasteiger partial charge is 0.162 e. The van der Waals surface area contributed by atoms with Gasteiger partial charge >= 0.3 is 0 Å². The second kappa shape index (κ2) is 7.14. The molecule has 0 saturated heterocycles. The lowest BCUT2D eigenvalue weighted by Crippen LogP contribution is -2.04. The summed E-state index contributed by atoms with van der Waals surface area (Å²) in [5.74, 6) is 7.41. The maximum absolute atomic E-state index is 11.6. The Hall–Kier alpha value is -1.55. The Kier molecular flexibility index (Phi) is 5.21. The van der Waals surface area contributed by atoms with Gasteiger partial charge in [0.1, 0.15) is 0 Å². The van der Waals surface area contributed by atoms with Gasteiger partial charge in [-0.05, 0) is 24.8 Å². The second-order valence-electron chi connectivity index (χ2n) is 5.30. The SMILES string of the molecule is CCC(=O)c1ccc(CC2C#CCCCCC2)cc1. The van der Waals surface area contributed by atoms with Gasteiger partial charge in [0.25, 0.3) is 0 Å². The lowest BCUT2D eigenvalue weighted by Gasteiger charge is -2.12. The monoisotopic (exact) mass is 254 g/mol. The molecule has 0 radical (unpaired) electrons. The van der Waals surface area contributed by atoms with Gasteiger partial charge in [0.05, 0.1) is 0 Å². The summed E-state index contributed by atoms with van der Waals surface area (Å²) >= 11 is 0. The van der Waals surface area contributed by atoms with E-state index < -0.39 is 0 Å². The first kappa shape index (κ1) is 13.9. The predicted octanol–water partition coefficient (Wildman–Crippen LogP) is 4.41. The molecule has 2 rings (SSSR count). The highest BCUT2D eigenvalue weighted by molar-refractivity contribution is 5.95. The van der Waals surface area contributed by atoms with Gasteiger partial charge < -0.3 is 0 Å². The Morgan fingerprint density at radius 2 is 2.00 bits per heavy atom. The molecule has 1 unspecified atom stereocenters. The van der Waals surface area contributed by atoms with Gasteiger partial charge in [-0.25, -0.2) is 0 Å². The van der Waals surface area contributed by atoms with E-state index in [4.69, 9.17) is 0 Å². The first-order chi connectivity index (χ1) is 9.29. The van der Waals surface area contributed by atoms with E-state index in [0.717, 1.165) is 18.4 Å². The fourth-order valence-corrected chi connectivity index (χ4v) is 2.54. The van der Waals surface area contributed by atoms with Gasteiger partial charge in [0.2, 0.25) is 0 Å². The maximum atomic E-state index is 11.6. The predicted molar refractivity (Wildman–Crippen MR) is 79.1 cm³/mol. The third-order valence-corrected chi connectivity index (χ3v) is 3.74. The van der Waals surface area contributed by atoms with Crippen LogP contribution in [0.4, 0.5) is 0 Å².